The maximum Gasteiger partial charge on any atom is 0.270 e. The number of hydrogen-bond acceptors (Lipinski definition) is 7. The third kappa shape index (κ3) is 5.77. The molecule has 3 aromatic rings. The molecule has 0 aliphatic heterocycles. The second-order valence-corrected chi connectivity index (χ2v) is 8.49. The molecule has 1 amide bonds. The van der Waals surface area contributed by atoms with E-state index in [0.29, 0.717) is 17.1 Å². The first-order valence-corrected chi connectivity index (χ1v) is 11.1. The summed E-state index contributed by atoms with van der Waals surface area (Å²) in [6.45, 7) is 0.137. The van der Waals surface area contributed by atoms with Crippen LogP contribution in [0.4, 0.5) is 11.4 Å². The Morgan fingerprint density at radius 2 is 1.64 bits per heavy atom. The summed E-state index contributed by atoms with van der Waals surface area (Å²) in [5.74, 6) is 0.599. The van der Waals surface area contributed by atoms with E-state index in [0.717, 1.165) is 6.07 Å². The number of nitro groups is 1. The molecular weight excluding hydrogens is 450 g/mol. The quantitative estimate of drug-likeness (QED) is 0.361. The largest absolute Gasteiger partial charge is 0.497 e. The molecule has 0 aliphatic carbocycles. The van der Waals surface area contributed by atoms with Gasteiger partial charge in [0, 0.05) is 24.7 Å². The van der Waals surface area contributed by atoms with Gasteiger partial charge in [-0.1, -0.05) is 18.2 Å². The van der Waals surface area contributed by atoms with Gasteiger partial charge in [-0.25, -0.2) is 8.42 Å². The summed E-state index contributed by atoms with van der Waals surface area (Å²) in [5, 5.41) is 13.7. The van der Waals surface area contributed by atoms with Crippen LogP contribution in [0, 0.1) is 10.1 Å². The summed E-state index contributed by atoms with van der Waals surface area (Å²) < 4.78 is 38.3. The van der Waals surface area contributed by atoms with E-state index in [9.17, 15) is 23.3 Å². The molecule has 0 heterocycles. The number of ether oxygens (including phenoxy) is 2. The van der Waals surface area contributed by atoms with Gasteiger partial charge in [0.15, 0.2) is 0 Å². The minimum Gasteiger partial charge on any atom is -0.497 e. The van der Waals surface area contributed by atoms with Crippen molar-refractivity contribution in [2.45, 2.75) is 11.4 Å². The number of amides is 1. The summed E-state index contributed by atoms with van der Waals surface area (Å²) in [6.07, 6.45) is 0. The number of benzene rings is 3. The second kappa shape index (κ2) is 10.0. The van der Waals surface area contributed by atoms with Crippen LogP contribution in [-0.2, 0) is 16.6 Å². The van der Waals surface area contributed by atoms with E-state index in [-0.39, 0.29) is 28.4 Å². The summed E-state index contributed by atoms with van der Waals surface area (Å²) in [4.78, 5) is 22.8. The van der Waals surface area contributed by atoms with E-state index in [4.69, 9.17) is 9.47 Å². The number of rotatable bonds is 9. The van der Waals surface area contributed by atoms with Crippen LogP contribution in [0.15, 0.2) is 71.6 Å². The monoisotopic (exact) mass is 471 g/mol. The number of para-hydroxylation sites is 1. The molecule has 0 atom stereocenters. The van der Waals surface area contributed by atoms with Gasteiger partial charge < -0.3 is 14.8 Å². The lowest BCUT2D eigenvalue weighted by atomic mass is 10.1. The topological polar surface area (TPSA) is 137 Å². The zero-order chi connectivity index (χ0) is 24.0. The Hall–Kier alpha value is -4.12. The van der Waals surface area contributed by atoms with E-state index >= 15 is 0 Å². The zero-order valence-electron chi connectivity index (χ0n) is 17.8. The Bertz CT molecular complexity index is 1270. The van der Waals surface area contributed by atoms with Crippen molar-refractivity contribution in [3.8, 4) is 11.5 Å². The molecule has 0 aliphatic rings. The summed E-state index contributed by atoms with van der Waals surface area (Å²) in [7, 11) is -1.15. The molecule has 3 rings (SSSR count). The molecule has 0 fully saturated rings. The summed E-state index contributed by atoms with van der Waals surface area (Å²) in [5.41, 5.74) is 0.470. The number of nitrogens with zero attached hydrogens (tertiary/aromatic N) is 1. The number of carbonyl (C=O) groups excluding carboxylic acids is 1. The van der Waals surface area contributed by atoms with Crippen LogP contribution < -0.4 is 19.5 Å². The lowest BCUT2D eigenvalue weighted by Crippen LogP contribution is -2.25. The molecule has 10 nitrogen and oxygen atoms in total. The van der Waals surface area contributed by atoms with Gasteiger partial charge in [0.2, 0.25) is 0 Å². The van der Waals surface area contributed by atoms with E-state index < -0.39 is 20.9 Å². The highest BCUT2D eigenvalue weighted by molar-refractivity contribution is 7.92. The number of hydrogen-bond donors (Lipinski definition) is 2. The van der Waals surface area contributed by atoms with Crippen molar-refractivity contribution >= 4 is 27.3 Å². The van der Waals surface area contributed by atoms with Gasteiger partial charge in [-0.05, 0) is 35.9 Å². The van der Waals surface area contributed by atoms with Gasteiger partial charge in [0.05, 0.1) is 35.3 Å². The van der Waals surface area contributed by atoms with Crippen molar-refractivity contribution in [3.05, 3.63) is 88.0 Å². The third-order valence-corrected chi connectivity index (χ3v) is 5.98. The third-order valence-electron chi connectivity index (χ3n) is 4.62. The molecule has 11 heteroatoms. The molecule has 33 heavy (non-hydrogen) atoms. The Kier molecular flexibility index (Phi) is 7.13. The van der Waals surface area contributed by atoms with Crippen LogP contribution in [0.2, 0.25) is 0 Å². The van der Waals surface area contributed by atoms with Gasteiger partial charge in [-0.15, -0.1) is 0 Å². The van der Waals surface area contributed by atoms with Crippen LogP contribution in [0.1, 0.15) is 15.9 Å². The first-order chi connectivity index (χ1) is 15.7. The molecule has 0 bridgehead atoms. The van der Waals surface area contributed by atoms with Gasteiger partial charge in [0.25, 0.3) is 21.6 Å². The first kappa shape index (κ1) is 23.5. The highest BCUT2D eigenvalue weighted by Gasteiger charge is 2.21. The molecule has 0 spiro atoms. The van der Waals surface area contributed by atoms with Crippen LogP contribution in [0.25, 0.3) is 0 Å². The Labute approximate surface area is 190 Å². The average molecular weight is 471 g/mol. The van der Waals surface area contributed by atoms with E-state index in [1.165, 1.54) is 44.6 Å². The van der Waals surface area contributed by atoms with Crippen LogP contribution in [0.5, 0.6) is 11.5 Å². The first-order valence-electron chi connectivity index (χ1n) is 9.60. The predicted molar refractivity (Wildman–Crippen MR) is 121 cm³/mol. The van der Waals surface area contributed by atoms with Gasteiger partial charge >= 0.3 is 0 Å². The number of sulfonamides is 1. The van der Waals surface area contributed by atoms with Crippen LogP contribution in [0.3, 0.4) is 0 Å². The lowest BCUT2D eigenvalue weighted by Gasteiger charge is -2.13. The highest BCUT2D eigenvalue weighted by Crippen LogP contribution is 2.24. The predicted octanol–water partition coefficient (Wildman–Crippen LogP) is 3.34. The molecule has 2 N–H and O–H groups in total. The normalized spacial score (nSPS) is 10.8. The van der Waals surface area contributed by atoms with Crippen LogP contribution in [-0.4, -0.2) is 33.5 Å². The molecule has 0 aromatic heterocycles. The fourth-order valence-corrected chi connectivity index (χ4v) is 4.10. The molecule has 0 saturated carbocycles. The highest BCUT2D eigenvalue weighted by atomic mass is 32.2. The van der Waals surface area contributed by atoms with Crippen molar-refractivity contribution < 1.29 is 27.6 Å². The SMILES string of the molecule is COc1cc(CNC(=O)c2ccccc2NS(=O)(=O)c2cccc([N+](=O)[O-])c2)cc(OC)c1. The lowest BCUT2D eigenvalue weighted by molar-refractivity contribution is -0.385. The van der Waals surface area contributed by atoms with Gasteiger partial charge in [0.1, 0.15) is 11.5 Å². The zero-order valence-corrected chi connectivity index (χ0v) is 18.6. The van der Waals surface area contributed by atoms with Crippen molar-refractivity contribution in [1.82, 2.24) is 5.32 Å². The molecule has 0 unspecified atom stereocenters. The number of non-ortho nitro benzene ring substituents is 1. The molecule has 3 aromatic carbocycles. The maximum absolute atomic E-state index is 12.8. The molecular formula is C22H21N3O7S. The number of nitro benzene ring substituents is 1. The minimum atomic E-state index is -4.18. The molecule has 0 saturated heterocycles. The number of nitrogens with one attached hydrogen (secondary N) is 2. The van der Waals surface area contributed by atoms with Gasteiger partial charge in [-0.2, -0.15) is 0 Å². The summed E-state index contributed by atoms with van der Waals surface area (Å²) in [6, 6.07) is 15.9. The Morgan fingerprint density at radius 1 is 0.970 bits per heavy atom. The van der Waals surface area contributed by atoms with Crippen LogP contribution >= 0.6 is 0 Å². The van der Waals surface area contributed by atoms with E-state index in [2.05, 4.69) is 10.0 Å². The average Bonchev–Trinajstić information content (AvgIpc) is 2.82. The second-order valence-electron chi connectivity index (χ2n) is 6.81. The fourth-order valence-electron chi connectivity index (χ4n) is 2.98. The Balaban J connectivity index is 1.81. The number of methoxy groups -OCH3 is 2. The fraction of sp³-hybridized carbons (Fsp3) is 0.136. The van der Waals surface area contributed by atoms with Crippen molar-refractivity contribution in [3.63, 3.8) is 0 Å². The van der Waals surface area contributed by atoms with Crippen molar-refractivity contribution in [2.24, 2.45) is 0 Å². The maximum atomic E-state index is 12.8. The standard InChI is InChI=1S/C22H21N3O7S/c1-31-17-10-15(11-18(13-17)32-2)14-23-22(26)20-8-3-4-9-21(20)24-33(29,30)19-7-5-6-16(12-19)25(27)28/h3-13,24H,14H2,1-2H3,(H,23,26). The smallest absolute Gasteiger partial charge is 0.270 e. The van der Waals surface area contributed by atoms with Gasteiger partial charge in [-0.3, -0.25) is 19.6 Å². The van der Waals surface area contributed by atoms with Crippen molar-refractivity contribution in [2.75, 3.05) is 18.9 Å². The number of anilines is 1. The minimum absolute atomic E-state index is 0.0322. The molecule has 172 valence electrons. The summed E-state index contributed by atoms with van der Waals surface area (Å²) >= 11 is 0. The number of carbonyl (C=O) groups is 1. The molecule has 0 radical (unpaired) electrons. The van der Waals surface area contributed by atoms with E-state index in [1.807, 2.05) is 0 Å². The van der Waals surface area contributed by atoms with E-state index in [1.54, 1.807) is 30.3 Å². The van der Waals surface area contributed by atoms with Crippen molar-refractivity contribution in [1.29, 1.82) is 0 Å². The Morgan fingerprint density at radius 3 is 2.27 bits per heavy atom.